The zero-order valence-corrected chi connectivity index (χ0v) is 10.8. The SMILES string of the molecule is O=C1COC(=O)[C@H](CCC(=O)OCc2ccccc2)N1. The van der Waals surface area contributed by atoms with Gasteiger partial charge < -0.3 is 14.8 Å². The Bertz CT molecular complexity index is 500. The largest absolute Gasteiger partial charge is 0.461 e. The predicted octanol–water partition coefficient (Wildman–Crippen LogP) is 0.552. The van der Waals surface area contributed by atoms with Gasteiger partial charge in [-0.25, -0.2) is 4.79 Å². The Hall–Kier alpha value is -2.37. The second-order valence-corrected chi connectivity index (χ2v) is 4.41. The third-order valence-electron chi connectivity index (χ3n) is 2.85. The number of esters is 2. The summed E-state index contributed by atoms with van der Waals surface area (Å²) in [4.78, 5) is 34.0. The summed E-state index contributed by atoms with van der Waals surface area (Å²) in [5.74, 6) is -1.28. The van der Waals surface area contributed by atoms with E-state index in [1.54, 1.807) is 0 Å². The average Bonchev–Trinajstić information content (AvgIpc) is 2.47. The van der Waals surface area contributed by atoms with Gasteiger partial charge in [0.25, 0.3) is 5.91 Å². The lowest BCUT2D eigenvalue weighted by Crippen LogP contribution is -2.49. The first-order valence-corrected chi connectivity index (χ1v) is 6.30. The van der Waals surface area contributed by atoms with Crippen molar-refractivity contribution in [3.05, 3.63) is 35.9 Å². The van der Waals surface area contributed by atoms with Crippen LogP contribution in [0.25, 0.3) is 0 Å². The number of benzene rings is 1. The van der Waals surface area contributed by atoms with Crippen LogP contribution in [-0.4, -0.2) is 30.5 Å². The molecule has 1 N–H and O–H groups in total. The van der Waals surface area contributed by atoms with E-state index in [1.807, 2.05) is 30.3 Å². The summed E-state index contributed by atoms with van der Waals surface area (Å²) in [7, 11) is 0. The molecule has 2 rings (SSSR count). The van der Waals surface area contributed by atoms with Gasteiger partial charge >= 0.3 is 11.9 Å². The Morgan fingerprint density at radius 3 is 2.80 bits per heavy atom. The fraction of sp³-hybridized carbons (Fsp3) is 0.357. The molecule has 0 aromatic heterocycles. The van der Waals surface area contributed by atoms with Gasteiger partial charge in [0.1, 0.15) is 12.6 Å². The summed E-state index contributed by atoms with van der Waals surface area (Å²) >= 11 is 0. The number of hydrogen-bond donors (Lipinski definition) is 1. The minimum absolute atomic E-state index is 0.0485. The number of nitrogens with one attached hydrogen (secondary N) is 1. The first kappa shape index (κ1) is 14.0. The number of carbonyl (C=O) groups excluding carboxylic acids is 3. The Kier molecular flexibility index (Phi) is 4.70. The first-order valence-electron chi connectivity index (χ1n) is 6.30. The molecule has 1 fully saturated rings. The fourth-order valence-electron chi connectivity index (χ4n) is 1.79. The molecule has 1 aromatic rings. The van der Waals surface area contributed by atoms with E-state index in [1.165, 1.54) is 0 Å². The quantitative estimate of drug-likeness (QED) is 0.795. The van der Waals surface area contributed by atoms with E-state index < -0.39 is 18.0 Å². The van der Waals surface area contributed by atoms with Crippen molar-refractivity contribution in [2.45, 2.75) is 25.5 Å². The molecule has 0 bridgehead atoms. The molecule has 1 heterocycles. The van der Waals surface area contributed by atoms with Crippen LogP contribution in [0.15, 0.2) is 30.3 Å². The lowest BCUT2D eigenvalue weighted by molar-refractivity contribution is -0.158. The third-order valence-corrected chi connectivity index (χ3v) is 2.85. The molecular weight excluding hydrogens is 262 g/mol. The molecule has 6 heteroatoms. The third kappa shape index (κ3) is 4.08. The van der Waals surface area contributed by atoms with Crippen molar-refractivity contribution in [2.75, 3.05) is 6.61 Å². The van der Waals surface area contributed by atoms with Gasteiger partial charge in [-0.3, -0.25) is 9.59 Å². The highest BCUT2D eigenvalue weighted by atomic mass is 16.5. The van der Waals surface area contributed by atoms with Gasteiger partial charge in [-0.05, 0) is 12.0 Å². The molecule has 1 saturated heterocycles. The van der Waals surface area contributed by atoms with Crippen molar-refractivity contribution in [3.8, 4) is 0 Å². The van der Waals surface area contributed by atoms with Crippen LogP contribution in [0, 0.1) is 0 Å². The van der Waals surface area contributed by atoms with Crippen LogP contribution in [-0.2, 0) is 30.5 Å². The molecule has 1 aromatic carbocycles. The minimum Gasteiger partial charge on any atom is -0.461 e. The summed E-state index contributed by atoms with van der Waals surface area (Å²) in [5, 5.41) is 2.47. The summed E-state index contributed by atoms with van der Waals surface area (Å²) in [6, 6.07) is 8.54. The average molecular weight is 277 g/mol. The Labute approximate surface area is 116 Å². The van der Waals surface area contributed by atoms with Crippen molar-refractivity contribution >= 4 is 17.8 Å². The summed E-state index contributed by atoms with van der Waals surface area (Å²) in [5.41, 5.74) is 0.895. The van der Waals surface area contributed by atoms with E-state index in [9.17, 15) is 14.4 Å². The van der Waals surface area contributed by atoms with E-state index in [0.717, 1.165) is 5.56 Å². The van der Waals surface area contributed by atoms with E-state index >= 15 is 0 Å². The second kappa shape index (κ2) is 6.70. The van der Waals surface area contributed by atoms with Crippen LogP contribution < -0.4 is 5.32 Å². The van der Waals surface area contributed by atoms with Gasteiger partial charge in [0, 0.05) is 6.42 Å². The zero-order chi connectivity index (χ0) is 14.4. The monoisotopic (exact) mass is 277 g/mol. The first-order chi connectivity index (χ1) is 9.65. The number of ether oxygens (including phenoxy) is 2. The number of amides is 1. The van der Waals surface area contributed by atoms with Gasteiger partial charge in [-0.1, -0.05) is 30.3 Å². The molecule has 0 aliphatic carbocycles. The predicted molar refractivity (Wildman–Crippen MR) is 68.4 cm³/mol. The second-order valence-electron chi connectivity index (χ2n) is 4.41. The van der Waals surface area contributed by atoms with Crippen LogP contribution in [0.2, 0.25) is 0 Å². The summed E-state index contributed by atoms with van der Waals surface area (Å²) in [6.07, 6.45) is 0.227. The van der Waals surface area contributed by atoms with Crippen LogP contribution in [0.1, 0.15) is 18.4 Å². The van der Waals surface area contributed by atoms with Gasteiger partial charge in [0.15, 0.2) is 6.61 Å². The number of carbonyl (C=O) groups is 3. The van der Waals surface area contributed by atoms with Crippen molar-refractivity contribution < 1.29 is 23.9 Å². The van der Waals surface area contributed by atoms with Crippen LogP contribution >= 0.6 is 0 Å². The molecule has 1 aliphatic rings. The van der Waals surface area contributed by atoms with Crippen LogP contribution in [0.5, 0.6) is 0 Å². The zero-order valence-electron chi connectivity index (χ0n) is 10.8. The maximum absolute atomic E-state index is 11.6. The molecular formula is C14H15NO5. The molecule has 6 nitrogen and oxygen atoms in total. The lowest BCUT2D eigenvalue weighted by Gasteiger charge is -2.21. The molecule has 0 saturated carbocycles. The van der Waals surface area contributed by atoms with Crippen molar-refractivity contribution in [2.24, 2.45) is 0 Å². The molecule has 1 atom stereocenters. The van der Waals surface area contributed by atoms with E-state index in [4.69, 9.17) is 4.74 Å². The molecule has 0 spiro atoms. The smallest absolute Gasteiger partial charge is 0.329 e. The normalized spacial score (nSPS) is 18.1. The summed E-state index contributed by atoms with van der Waals surface area (Å²) < 4.78 is 9.74. The van der Waals surface area contributed by atoms with Crippen molar-refractivity contribution in [1.29, 1.82) is 0 Å². The molecule has 1 aliphatic heterocycles. The standard InChI is InChI=1S/C14H15NO5/c16-12-9-20-14(18)11(15-12)6-7-13(17)19-8-10-4-2-1-3-5-10/h1-5,11H,6-9H2,(H,15,16)/t11-/m0/s1. The van der Waals surface area contributed by atoms with Crippen LogP contribution in [0.3, 0.4) is 0 Å². The molecule has 0 unspecified atom stereocenters. The minimum atomic E-state index is -0.763. The number of hydrogen-bond acceptors (Lipinski definition) is 5. The van der Waals surface area contributed by atoms with Crippen molar-refractivity contribution in [1.82, 2.24) is 5.32 Å². The number of morpholine rings is 1. The molecule has 20 heavy (non-hydrogen) atoms. The highest BCUT2D eigenvalue weighted by Crippen LogP contribution is 2.07. The number of cyclic esters (lactones) is 1. The molecule has 106 valence electrons. The maximum atomic E-state index is 11.6. The van der Waals surface area contributed by atoms with Crippen LogP contribution in [0.4, 0.5) is 0 Å². The van der Waals surface area contributed by atoms with Gasteiger partial charge in [-0.15, -0.1) is 0 Å². The lowest BCUT2D eigenvalue weighted by atomic mass is 10.1. The Morgan fingerprint density at radius 2 is 2.05 bits per heavy atom. The highest BCUT2D eigenvalue weighted by molar-refractivity contribution is 5.90. The van der Waals surface area contributed by atoms with Crippen molar-refractivity contribution in [3.63, 3.8) is 0 Å². The Balaban J connectivity index is 1.72. The highest BCUT2D eigenvalue weighted by Gasteiger charge is 2.28. The Morgan fingerprint density at radius 1 is 1.30 bits per heavy atom. The molecule has 1 amide bonds. The number of rotatable bonds is 5. The van der Waals surface area contributed by atoms with Gasteiger partial charge in [-0.2, -0.15) is 0 Å². The van der Waals surface area contributed by atoms with Gasteiger partial charge in [0.2, 0.25) is 0 Å². The summed E-state index contributed by atoms with van der Waals surface area (Å²) in [6.45, 7) is -0.0606. The van der Waals surface area contributed by atoms with E-state index in [-0.39, 0.29) is 32.0 Å². The molecule has 0 radical (unpaired) electrons. The maximum Gasteiger partial charge on any atom is 0.329 e. The van der Waals surface area contributed by atoms with E-state index in [2.05, 4.69) is 10.1 Å². The van der Waals surface area contributed by atoms with E-state index in [0.29, 0.717) is 0 Å². The topological polar surface area (TPSA) is 81.7 Å². The fourth-order valence-corrected chi connectivity index (χ4v) is 1.79. The van der Waals surface area contributed by atoms with Gasteiger partial charge in [0.05, 0.1) is 0 Å².